The summed E-state index contributed by atoms with van der Waals surface area (Å²) >= 11 is 0. The largest absolute Gasteiger partial charge is 0.356 e. The molecule has 3 heteroatoms. The first-order valence-corrected chi connectivity index (χ1v) is 7.67. The van der Waals surface area contributed by atoms with Crippen molar-refractivity contribution < 1.29 is 4.79 Å². The van der Waals surface area contributed by atoms with Gasteiger partial charge in [0.25, 0.3) is 0 Å². The third kappa shape index (κ3) is 6.71. The van der Waals surface area contributed by atoms with Gasteiger partial charge in [-0.25, -0.2) is 0 Å². The maximum absolute atomic E-state index is 11.7. The van der Waals surface area contributed by atoms with Crippen LogP contribution in [-0.4, -0.2) is 19.0 Å². The molecule has 0 fully saturated rings. The highest BCUT2D eigenvalue weighted by Gasteiger charge is 2.07. The molecule has 0 bridgehead atoms. The third-order valence-electron chi connectivity index (χ3n) is 3.61. The highest BCUT2D eigenvalue weighted by Crippen LogP contribution is 2.14. The molecular weight excluding hydrogens is 248 g/mol. The van der Waals surface area contributed by atoms with E-state index in [2.05, 4.69) is 43.4 Å². The molecule has 3 nitrogen and oxygen atoms in total. The average Bonchev–Trinajstić information content (AvgIpc) is 2.45. The molecular formula is C17H28N2O. The predicted molar refractivity (Wildman–Crippen MR) is 84.7 cm³/mol. The van der Waals surface area contributed by atoms with Gasteiger partial charge in [0.15, 0.2) is 0 Å². The van der Waals surface area contributed by atoms with E-state index in [1.807, 2.05) is 0 Å². The van der Waals surface area contributed by atoms with Crippen molar-refractivity contribution in [1.82, 2.24) is 5.32 Å². The summed E-state index contributed by atoms with van der Waals surface area (Å²) in [5.74, 6) is 0.522. The van der Waals surface area contributed by atoms with Crippen LogP contribution in [0.15, 0.2) is 24.3 Å². The Morgan fingerprint density at radius 3 is 2.45 bits per heavy atom. The van der Waals surface area contributed by atoms with Crippen LogP contribution in [0.2, 0.25) is 0 Å². The summed E-state index contributed by atoms with van der Waals surface area (Å²) in [6.45, 7) is 5.69. The van der Waals surface area contributed by atoms with Gasteiger partial charge in [-0.2, -0.15) is 0 Å². The lowest BCUT2D eigenvalue weighted by atomic mass is 10.00. The molecule has 3 N–H and O–H groups in total. The Morgan fingerprint density at radius 2 is 1.80 bits per heavy atom. The van der Waals surface area contributed by atoms with Gasteiger partial charge < -0.3 is 11.1 Å². The maximum atomic E-state index is 11.7. The number of hydrogen-bond donors (Lipinski definition) is 2. The molecule has 0 saturated heterocycles. The van der Waals surface area contributed by atoms with E-state index in [-0.39, 0.29) is 5.91 Å². The van der Waals surface area contributed by atoms with Crippen LogP contribution in [0.4, 0.5) is 0 Å². The number of amides is 1. The van der Waals surface area contributed by atoms with Gasteiger partial charge in [-0.05, 0) is 37.8 Å². The molecule has 1 amide bonds. The van der Waals surface area contributed by atoms with E-state index in [0.717, 1.165) is 32.2 Å². The van der Waals surface area contributed by atoms with Crippen LogP contribution in [0, 0.1) is 6.92 Å². The summed E-state index contributed by atoms with van der Waals surface area (Å²) in [7, 11) is 0. The summed E-state index contributed by atoms with van der Waals surface area (Å²) in [5.41, 5.74) is 7.98. The number of carbonyl (C=O) groups is 1. The van der Waals surface area contributed by atoms with Gasteiger partial charge in [0.2, 0.25) is 5.91 Å². The number of benzene rings is 1. The number of carbonyl (C=O) groups excluding carboxylic acids is 1. The molecule has 20 heavy (non-hydrogen) atoms. The number of nitrogens with one attached hydrogen (secondary N) is 1. The maximum Gasteiger partial charge on any atom is 0.220 e. The van der Waals surface area contributed by atoms with Crippen LogP contribution in [0.5, 0.6) is 0 Å². The Hall–Kier alpha value is -1.35. The van der Waals surface area contributed by atoms with Crippen LogP contribution in [0.3, 0.4) is 0 Å². The first-order valence-electron chi connectivity index (χ1n) is 7.67. The average molecular weight is 276 g/mol. The molecule has 0 radical (unpaired) electrons. The van der Waals surface area contributed by atoms with Crippen LogP contribution < -0.4 is 11.1 Å². The van der Waals surface area contributed by atoms with Gasteiger partial charge in [0.1, 0.15) is 0 Å². The molecule has 0 aliphatic carbocycles. The summed E-state index contributed by atoms with van der Waals surface area (Å²) in [6, 6.07) is 8.51. The SMILES string of the molecule is Cc1ccc(C(C)CNC(=O)CCCCCCN)cc1. The number of nitrogens with two attached hydrogens (primary N) is 1. The molecule has 1 rings (SSSR count). The Kier molecular flexibility index (Phi) is 7.97. The number of unbranched alkanes of at least 4 members (excludes halogenated alkanes) is 3. The Labute approximate surface area is 122 Å². The fourth-order valence-corrected chi connectivity index (χ4v) is 2.15. The second kappa shape index (κ2) is 9.54. The van der Waals surface area contributed by atoms with E-state index >= 15 is 0 Å². The molecule has 0 saturated carbocycles. The zero-order chi connectivity index (χ0) is 14.8. The standard InChI is InChI=1S/C17H28N2O/c1-14-8-10-16(11-9-14)15(2)13-19-17(20)7-5-3-4-6-12-18/h8-11,15H,3-7,12-13,18H2,1-2H3,(H,19,20). The monoisotopic (exact) mass is 276 g/mol. The van der Waals surface area contributed by atoms with Gasteiger partial charge in [-0.15, -0.1) is 0 Å². The van der Waals surface area contributed by atoms with E-state index in [9.17, 15) is 4.79 Å². The van der Waals surface area contributed by atoms with Gasteiger partial charge in [-0.3, -0.25) is 4.79 Å². The lowest BCUT2D eigenvalue weighted by Gasteiger charge is -2.13. The fourth-order valence-electron chi connectivity index (χ4n) is 2.15. The van der Waals surface area contributed by atoms with Gasteiger partial charge in [-0.1, -0.05) is 49.6 Å². The third-order valence-corrected chi connectivity index (χ3v) is 3.61. The lowest BCUT2D eigenvalue weighted by molar-refractivity contribution is -0.121. The van der Waals surface area contributed by atoms with Crippen molar-refractivity contribution in [2.75, 3.05) is 13.1 Å². The highest BCUT2D eigenvalue weighted by molar-refractivity contribution is 5.75. The first kappa shape index (κ1) is 16.7. The van der Waals surface area contributed by atoms with Crippen molar-refractivity contribution in [2.24, 2.45) is 5.73 Å². The molecule has 0 aliphatic rings. The topological polar surface area (TPSA) is 55.1 Å². The Morgan fingerprint density at radius 1 is 1.15 bits per heavy atom. The smallest absolute Gasteiger partial charge is 0.220 e. The van der Waals surface area contributed by atoms with Crippen LogP contribution in [0.25, 0.3) is 0 Å². The second-order valence-corrected chi connectivity index (χ2v) is 5.57. The minimum atomic E-state index is 0.164. The summed E-state index contributed by atoms with van der Waals surface area (Å²) < 4.78 is 0. The van der Waals surface area contributed by atoms with E-state index in [1.165, 1.54) is 11.1 Å². The highest BCUT2D eigenvalue weighted by atomic mass is 16.1. The molecule has 1 atom stereocenters. The van der Waals surface area contributed by atoms with E-state index in [4.69, 9.17) is 5.73 Å². The molecule has 0 aromatic heterocycles. The van der Waals surface area contributed by atoms with Gasteiger partial charge >= 0.3 is 0 Å². The van der Waals surface area contributed by atoms with Gasteiger partial charge in [0.05, 0.1) is 0 Å². The van der Waals surface area contributed by atoms with Crippen molar-refractivity contribution >= 4 is 5.91 Å². The normalized spacial score (nSPS) is 12.2. The van der Waals surface area contributed by atoms with Crippen molar-refractivity contribution in [2.45, 2.75) is 51.9 Å². The molecule has 0 spiro atoms. The zero-order valence-corrected chi connectivity index (χ0v) is 12.8. The molecule has 1 aromatic carbocycles. The van der Waals surface area contributed by atoms with Crippen LogP contribution >= 0.6 is 0 Å². The van der Waals surface area contributed by atoms with Crippen molar-refractivity contribution in [1.29, 1.82) is 0 Å². The molecule has 1 aromatic rings. The van der Waals surface area contributed by atoms with E-state index < -0.39 is 0 Å². The number of aryl methyl sites for hydroxylation is 1. The number of hydrogen-bond acceptors (Lipinski definition) is 2. The fraction of sp³-hybridized carbons (Fsp3) is 0.588. The van der Waals surface area contributed by atoms with Crippen LogP contribution in [0.1, 0.15) is 56.1 Å². The summed E-state index contributed by atoms with van der Waals surface area (Å²) in [6.07, 6.45) is 4.88. The minimum Gasteiger partial charge on any atom is -0.356 e. The Bertz CT molecular complexity index is 386. The van der Waals surface area contributed by atoms with E-state index in [0.29, 0.717) is 18.9 Å². The zero-order valence-electron chi connectivity index (χ0n) is 12.8. The van der Waals surface area contributed by atoms with E-state index in [1.54, 1.807) is 0 Å². The summed E-state index contributed by atoms with van der Waals surface area (Å²) in [4.78, 5) is 11.7. The summed E-state index contributed by atoms with van der Waals surface area (Å²) in [5, 5.41) is 3.02. The quantitative estimate of drug-likeness (QED) is 0.681. The lowest BCUT2D eigenvalue weighted by Crippen LogP contribution is -2.27. The van der Waals surface area contributed by atoms with Crippen molar-refractivity contribution in [3.63, 3.8) is 0 Å². The van der Waals surface area contributed by atoms with Crippen molar-refractivity contribution in [3.8, 4) is 0 Å². The minimum absolute atomic E-state index is 0.164. The predicted octanol–water partition coefficient (Wildman–Crippen LogP) is 3.12. The number of rotatable bonds is 9. The Balaban J connectivity index is 2.18. The molecule has 112 valence electrons. The second-order valence-electron chi connectivity index (χ2n) is 5.57. The van der Waals surface area contributed by atoms with Crippen molar-refractivity contribution in [3.05, 3.63) is 35.4 Å². The molecule has 0 aliphatic heterocycles. The van der Waals surface area contributed by atoms with Crippen LogP contribution in [-0.2, 0) is 4.79 Å². The first-order chi connectivity index (χ1) is 9.63. The van der Waals surface area contributed by atoms with Gasteiger partial charge in [0, 0.05) is 13.0 Å². The molecule has 0 heterocycles. The molecule has 1 unspecified atom stereocenters.